The van der Waals surface area contributed by atoms with Gasteiger partial charge < -0.3 is 9.80 Å². The lowest BCUT2D eigenvalue weighted by Crippen LogP contribution is -2.42. The molecule has 0 aromatic rings. The topological polar surface area (TPSA) is 40.6 Å². The molecule has 0 aliphatic rings. The van der Waals surface area contributed by atoms with E-state index in [0.717, 1.165) is 0 Å². The van der Waals surface area contributed by atoms with Gasteiger partial charge in [0, 0.05) is 20.1 Å². The first kappa shape index (κ1) is 13.2. The zero-order valence-corrected chi connectivity index (χ0v) is 9.84. The lowest BCUT2D eigenvalue weighted by Gasteiger charge is -2.24. The Morgan fingerprint density at radius 3 is 2.07 bits per heavy atom. The van der Waals surface area contributed by atoms with Gasteiger partial charge in [-0.3, -0.25) is 9.59 Å². The molecule has 0 unspecified atom stereocenters. The first-order chi connectivity index (χ1) is 6.40. The van der Waals surface area contributed by atoms with Crippen LogP contribution in [0.5, 0.6) is 0 Å². The van der Waals surface area contributed by atoms with E-state index in [1.807, 2.05) is 13.8 Å². The molecule has 82 valence electrons. The van der Waals surface area contributed by atoms with E-state index >= 15 is 0 Å². The molecule has 2 amide bonds. The standard InChI is InChI=1S/C9H17ClN2O2/c1-7(2)12(4)9(14)6-11(3)8(13)5-10/h7H,5-6H2,1-4H3. The Labute approximate surface area is 89.8 Å². The molecular formula is C9H17ClN2O2. The molecule has 0 aliphatic heterocycles. The quantitative estimate of drug-likeness (QED) is 0.650. The van der Waals surface area contributed by atoms with Crippen molar-refractivity contribution in [3.8, 4) is 0 Å². The minimum atomic E-state index is -0.239. The summed E-state index contributed by atoms with van der Waals surface area (Å²) in [6, 6.07) is 0.141. The van der Waals surface area contributed by atoms with E-state index in [-0.39, 0.29) is 30.3 Å². The lowest BCUT2D eigenvalue weighted by atomic mass is 10.3. The Morgan fingerprint density at radius 2 is 1.71 bits per heavy atom. The highest BCUT2D eigenvalue weighted by Gasteiger charge is 2.16. The highest BCUT2D eigenvalue weighted by Crippen LogP contribution is 1.97. The summed E-state index contributed by atoms with van der Waals surface area (Å²) in [5.74, 6) is -0.409. The van der Waals surface area contributed by atoms with E-state index in [0.29, 0.717) is 0 Å². The van der Waals surface area contributed by atoms with Crippen molar-refractivity contribution in [1.29, 1.82) is 0 Å². The van der Waals surface area contributed by atoms with E-state index in [1.165, 1.54) is 4.90 Å². The molecule has 5 heteroatoms. The first-order valence-corrected chi connectivity index (χ1v) is 4.99. The molecule has 0 rings (SSSR count). The Hall–Kier alpha value is -0.770. The second-order valence-corrected chi connectivity index (χ2v) is 3.75. The summed E-state index contributed by atoms with van der Waals surface area (Å²) in [7, 11) is 3.28. The summed E-state index contributed by atoms with van der Waals surface area (Å²) in [4.78, 5) is 25.5. The molecular weight excluding hydrogens is 204 g/mol. The van der Waals surface area contributed by atoms with Crippen molar-refractivity contribution in [2.45, 2.75) is 19.9 Å². The molecule has 0 saturated carbocycles. The summed E-state index contributed by atoms with van der Waals surface area (Å²) in [6.07, 6.45) is 0. The minimum absolute atomic E-state index is 0.0824. The van der Waals surface area contributed by atoms with E-state index in [1.54, 1.807) is 19.0 Å². The van der Waals surface area contributed by atoms with Crippen molar-refractivity contribution in [3.05, 3.63) is 0 Å². The Balaban J connectivity index is 4.12. The Kier molecular flexibility index (Phi) is 5.53. The highest BCUT2D eigenvalue weighted by molar-refractivity contribution is 6.27. The van der Waals surface area contributed by atoms with Crippen molar-refractivity contribution < 1.29 is 9.59 Å². The van der Waals surface area contributed by atoms with Gasteiger partial charge in [-0.25, -0.2) is 0 Å². The van der Waals surface area contributed by atoms with Crippen LogP contribution in [0.15, 0.2) is 0 Å². The van der Waals surface area contributed by atoms with E-state index in [4.69, 9.17) is 11.6 Å². The van der Waals surface area contributed by atoms with Gasteiger partial charge in [-0.05, 0) is 13.8 Å². The van der Waals surface area contributed by atoms with Crippen LogP contribution in [-0.4, -0.2) is 54.2 Å². The number of halogens is 1. The maximum Gasteiger partial charge on any atom is 0.242 e. The van der Waals surface area contributed by atoms with Crippen LogP contribution in [0.2, 0.25) is 0 Å². The maximum absolute atomic E-state index is 11.5. The van der Waals surface area contributed by atoms with Crippen LogP contribution in [0, 0.1) is 0 Å². The molecule has 0 aromatic heterocycles. The zero-order valence-electron chi connectivity index (χ0n) is 9.08. The molecule has 4 nitrogen and oxygen atoms in total. The second kappa shape index (κ2) is 5.86. The summed E-state index contributed by atoms with van der Waals surface area (Å²) >= 11 is 5.36. The first-order valence-electron chi connectivity index (χ1n) is 4.45. The van der Waals surface area contributed by atoms with Crippen LogP contribution in [-0.2, 0) is 9.59 Å². The molecule has 14 heavy (non-hydrogen) atoms. The average molecular weight is 221 g/mol. The monoisotopic (exact) mass is 220 g/mol. The number of carbonyl (C=O) groups excluding carboxylic acids is 2. The number of hydrogen-bond acceptors (Lipinski definition) is 2. The minimum Gasteiger partial charge on any atom is -0.342 e. The fourth-order valence-electron chi connectivity index (χ4n) is 0.793. The van der Waals surface area contributed by atoms with Gasteiger partial charge in [0.2, 0.25) is 11.8 Å². The fraction of sp³-hybridized carbons (Fsp3) is 0.778. The largest absolute Gasteiger partial charge is 0.342 e. The Bertz CT molecular complexity index is 219. The van der Waals surface area contributed by atoms with Crippen LogP contribution in [0.3, 0.4) is 0 Å². The fourth-order valence-corrected chi connectivity index (χ4v) is 0.997. The summed E-state index contributed by atoms with van der Waals surface area (Å²) in [5, 5.41) is 0. The van der Waals surface area contributed by atoms with Gasteiger partial charge in [0.15, 0.2) is 0 Å². The summed E-state index contributed by atoms with van der Waals surface area (Å²) in [5.41, 5.74) is 0. The molecule has 0 heterocycles. The molecule has 0 fully saturated rings. The smallest absolute Gasteiger partial charge is 0.242 e. The molecule has 0 aromatic carbocycles. The van der Waals surface area contributed by atoms with Crippen molar-refractivity contribution in [2.75, 3.05) is 26.5 Å². The number of rotatable bonds is 4. The van der Waals surface area contributed by atoms with E-state index in [2.05, 4.69) is 0 Å². The molecule has 0 N–H and O–H groups in total. The average Bonchev–Trinajstić information content (AvgIpc) is 2.14. The van der Waals surface area contributed by atoms with Gasteiger partial charge in [-0.1, -0.05) is 0 Å². The predicted molar refractivity (Wildman–Crippen MR) is 56.3 cm³/mol. The van der Waals surface area contributed by atoms with Gasteiger partial charge in [0.05, 0.1) is 6.54 Å². The van der Waals surface area contributed by atoms with Gasteiger partial charge in [-0.15, -0.1) is 11.6 Å². The van der Waals surface area contributed by atoms with E-state index in [9.17, 15) is 9.59 Å². The maximum atomic E-state index is 11.5. The van der Waals surface area contributed by atoms with Gasteiger partial charge in [0.1, 0.15) is 5.88 Å². The SMILES string of the molecule is CC(C)N(C)C(=O)CN(C)C(=O)CCl. The van der Waals surface area contributed by atoms with Crippen molar-refractivity contribution in [1.82, 2.24) is 9.80 Å². The lowest BCUT2D eigenvalue weighted by molar-refractivity contribution is -0.138. The number of likely N-dealkylation sites (N-methyl/N-ethyl adjacent to an activating group) is 2. The van der Waals surface area contributed by atoms with Crippen LogP contribution >= 0.6 is 11.6 Å². The third-order valence-electron chi connectivity index (χ3n) is 2.08. The predicted octanol–water partition coefficient (Wildman–Crippen LogP) is 0.550. The molecule has 0 atom stereocenters. The number of nitrogens with zero attached hydrogens (tertiary/aromatic N) is 2. The van der Waals surface area contributed by atoms with Gasteiger partial charge in [-0.2, -0.15) is 0 Å². The number of amides is 2. The summed E-state index contributed by atoms with van der Waals surface area (Å²) < 4.78 is 0. The van der Waals surface area contributed by atoms with Crippen molar-refractivity contribution in [2.24, 2.45) is 0 Å². The second-order valence-electron chi connectivity index (χ2n) is 3.48. The Morgan fingerprint density at radius 1 is 1.21 bits per heavy atom. The van der Waals surface area contributed by atoms with E-state index < -0.39 is 0 Å². The van der Waals surface area contributed by atoms with Crippen molar-refractivity contribution in [3.63, 3.8) is 0 Å². The van der Waals surface area contributed by atoms with Crippen LogP contribution < -0.4 is 0 Å². The molecule has 0 aliphatic carbocycles. The number of hydrogen-bond donors (Lipinski definition) is 0. The zero-order chi connectivity index (χ0) is 11.3. The van der Waals surface area contributed by atoms with Crippen LogP contribution in [0.25, 0.3) is 0 Å². The van der Waals surface area contributed by atoms with Crippen molar-refractivity contribution >= 4 is 23.4 Å². The third-order valence-corrected chi connectivity index (χ3v) is 2.31. The van der Waals surface area contributed by atoms with Gasteiger partial charge in [0.25, 0.3) is 0 Å². The van der Waals surface area contributed by atoms with Crippen LogP contribution in [0.4, 0.5) is 0 Å². The molecule has 0 spiro atoms. The molecule has 0 bridgehead atoms. The van der Waals surface area contributed by atoms with Gasteiger partial charge >= 0.3 is 0 Å². The molecule has 0 radical (unpaired) electrons. The highest BCUT2D eigenvalue weighted by atomic mass is 35.5. The molecule has 0 saturated heterocycles. The third kappa shape index (κ3) is 3.96. The number of alkyl halides is 1. The van der Waals surface area contributed by atoms with Crippen LogP contribution in [0.1, 0.15) is 13.8 Å². The normalized spacial score (nSPS) is 10.1. The summed E-state index contributed by atoms with van der Waals surface area (Å²) in [6.45, 7) is 3.92. The number of carbonyl (C=O) groups is 2.